The molecular formula is C19H30N2O3S2Si. The van der Waals surface area contributed by atoms with E-state index in [1.165, 1.54) is 11.3 Å². The Bertz CT molecular complexity index is 761. The zero-order chi connectivity index (χ0) is 20.2. The van der Waals surface area contributed by atoms with E-state index in [0.29, 0.717) is 13.2 Å². The number of carbonyl (C=O) groups excluding carboxylic acids is 1. The van der Waals surface area contributed by atoms with Crippen LogP contribution in [0.5, 0.6) is 0 Å². The summed E-state index contributed by atoms with van der Waals surface area (Å²) >= 11 is 6.68. The fourth-order valence-electron chi connectivity index (χ4n) is 2.52. The third-order valence-electron chi connectivity index (χ3n) is 5.29. The van der Waals surface area contributed by atoms with E-state index in [1.807, 2.05) is 5.38 Å². The summed E-state index contributed by atoms with van der Waals surface area (Å²) < 4.78 is 12.4. The van der Waals surface area contributed by atoms with Gasteiger partial charge in [-0.3, -0.25) is 4.90 Å². The molecule has 0 saturated heterocycles. The SMILES string of the molecule is C=CCOC(=O)N1CC(c2csc(=S)[nH]2)=CC[C@H]1CO[Si](C)(C)C(C)(C)C. The van der Waals surface area contributed by atoms with Gasteiger partial charge < -0.3 is 14.1 Å². The maximum Gasteiger partial charge on any atom is 0.410 e. The highest BCUT2D eigenvalue weighted by Gasteiger charge is 2.39. The number of hydrogen-bond donors (Lipinski definition) is 1. The Hall–Kier alpha value is -1.22. The average molecular weight is 427 g/mol. The number of nitrogens with one attached hydrogen (secondary N) is 1. The minimum absolute atomic E-state index is 0.0400. The number of carbonyl (C=O) groups is 1. The van der Waals surface area contributed by atoms with Crippen molar-refractivity contribution in [3.05, 3.63) is 33.8 Å². The highest BCUT2D eigenvalue weighted by molar-refractivity contribution is 7.73. The summed E-state index contributed by atoms with van der Waals surface area (Å²) in [5.74, 6) is 0. The first-order valence-electron chi connectivity index (χ1n) is 9.10. The Balaban J connectivity index is 2.17. The highest BCUT2D eigenvalue weighted by atomic mass is 32.1. The quantitative estimate of drug-likeness (QED) is 0.365. The minimum Gasteiger partial charge on any atom is -0.445 e. The molecule has 0 radical (unpaired) electrons. The smallest absolute Gasteiger partial charge is 0.410 e. The van der Waals surface area contributed by atoms with Gasteiger partial charge in [-0.25, -0.2) is 4.79 Å². The van der Waals surface area contributed by atoms with E-state index < -0.39 is 8.32 Å². The van der Waals surface area contributed by atoms with Crippen LogP contribution in [0, 0.1) is 3.95 Å². The third kappa shape index (κ3) is 5.63. The van der Waals surface area contributed by atoms with Crippen molar-refractivity contribution in [2.45, 2.75) is 51.4 Å². The lowest BCUT2D eigenvalue weighted by molar-refractivity contribution is 0.0825. The second kappa shape index (κ2) is 8.85. The van der Waals surface area contributed by atoms with E-state index in [1.54, 1.807) is 11.0 Å². The molecule has 2 rings (SSSR count). The number of rotatable bonds is 6. The Morgan fingerprint density at radius 3 is 2.78 bits per heavy atom. The molecular weight excluding hydrogens is 396 g/mol. The minimum atomic E-state index is -1.89. The van der Waals surface area contributed by atoms with Crippen LogP contribution in [-0.2, 0) is 9.16 Å². The number of aromatic nitrogens is 1. The summed E-state index contributed by atoms with van der Waals surface area (Å²) in [6, 6.07) is -0.0400. The number of hydrogen-bond acceptors (Lipinski definition) is 5. The summed E-state index contributed by atoms with van der Waals surface area (Å²) in [4.78, 5) is 17.6. The molecule has 1 atom stereocenters. The summed E-state index contributed by atoms with van der Waals surface area (Å²) in [6.07, 6.45) is 4.14. The van der Waals surface area contributed by atoms with Gasteiger partial charge in [0.05, 0.1) is 24.9 Å². The summed E-state index contributed by atoms with van der Waals surface area (Å²) in [5.41, 5.74) is 2.02. The Morgan fingerprint density at radius 1 is 1.52 bits per heavy atom. The van der Waals surface area contributed by atoms with Crippen molar-refractivity contribution in [1.82, 2.24) is 9.88 Å². The molecule has 5 nitrogen and oxygen atoms in total. The van der Waals surface area contributed by atoms with Crippen LogP contribution in [0.2, 0.25) is 18.1 Å². The normalized spacial score (nSPS) is 18.2. The molecule has 1 aromatic rings. The van der Waals surface area contributed by atoms with Crippen LogP contribution in [0.15, 0.2) is 24.1 Å². The van der Waals surface area contributed by atoms with Gasteiger partial charge in [0, 0.05) is 5.38 Å². The summed E-state index contributed by atoms with van der Waals surface area (Å²) in [6.45, 7) is 15.9. The predicted octanol–water partition coefficient (Wildman–Crippen LogP) is 5.61. The van der Waals surface area contributed by atoms with Gasteiger partial charge in [-0.05, 0) is 42.3 Å². The molecule has 1 aliphatic heterocycles. The van der Waals surface area contributed by atoms with Crippen LogP contribution in [0.3, 0.4) is 0 Å². The molecule has 0 aliphatic carbocycles. The molecule has 0 saturated carbocycles. The number of H-pyrrole nitrogens is 1. The van der Waals surface area contributed by atoms with Crippen molar-refractivity contribution in [3.63, 3.8) is 0 Å². The molecule has 1 amide bonds. The first kappa shape index (κ1) is 22.1. The van der Waals surface area contributed by atoms with Crippen LogP contribution >= 0.6 is 23.6 Å². The average Bonchev–Trinajstić information content (AvgIpc) is 3.03. The van der Waals surface area contributed by atoms with E-state index in [4.69, 9.17) is 21.4 Å². The van der Waals surface area contributed by atoms with Crippen molar-refractivity contribution in [2.75, 3.05) is 19.8 Å². The number of nitrogens with zero attached hydrogens (tertiary/aromatic N) is 1. The van der Waals surface area contributed by atoms with Gasteiger partial charge >= 0.3 is 6.09 Å². The van der Waals surface area contributed by atoms with E-state index in [9.17, 15) is 4.79 Å². The topological polar surface area (TPSA) is 54.6 Å². The molecule has 27 heavy (non-hydrogen) atoms. The van der Waals surface area contributed by atoms with Crippen LogP contribution in [0.1, 0.15) is 32.9 Å². The van der Waals surface area contributed by atoms with Gasteiger partial charge in [0.1, 0.15) is 6.61 Å². The Kier molecular flexibility index (Phi) is 7.24. The molecule has 1 aromatic heterocycles. The zero-order valence-electron chi connectivity index (χ0n) is 16.8. The van der Waals surface area contributed by atoms with E-state index in [0.717, 1.165) is 21.6 Å². The van der Waals surface area contributed by atoms with Crippen molar-refractivity contribution >= 4 is 43.5 Å². The predicted molar refractivity (Wildman–Crippen MR) is 117 cm³/mol. The zero-order valence-corrected chi connectivity index (χ0v) is 19.5. The first-order valence-corrected chi connectivity index (χ1v) is 13.3. The first-order chi connectivity index (χ1) is 12.5. The van der Waals surface area contributed by atoms with Crippen LogP contribution in [0.4, 0.5) is 4.79 Å². The van der Waals surface area contributed by atoms with E-state index in [2.05, 4.69) is 51.5 Å². The number of amides is 1. The maximum atomic E-state index is 12.6. The maximum absolute atomic E-state index is 12.6. The van der Waals surface area contributed by atoms with Gasteiger partial charge in [-0.1, -0.05) is 39.5 Å². The van der Waals surface area contributed by atoms with E-state index in [-0.39, 0.29) is 23.8 Å². The monoisotopic (exact) mass is 426 g/mol. The van der Waals surface area contributed by atoms with Gasteiger partial charge in [0.2, 0.25) is 0 Å². The molecule has 1 aliphatic rings. The van der Waals surface area contributed by atoms with Crippen LogP contribution < -0.4 is 0 Å². The fourth-order valence-corrected chi connectivity index (χ4v) is 4.42. The van der Waals surface area contributed by atoms with Gasteiger partial charge in [-0.15, -0.1) is 11.3 Å². The number of aromatic amines is 1. The van der Waals surface area contributed by atoms with Gasteiger partial charge in [-0.2, -0.15) is 0 Å². The Labute approximate surface area is 172 Å². The largest absolute Gasteiger partial charge is 0.445 e. The molecule has 150 valence electrons. The third-order valence-corrected chi connectivity index (χ3v) is 10.8. The molecule has 8 heteroatoms. The van der Waals surface area contributed by atoms with E-state index >= 15 is 0 Å². The lowest BCUT2D eigenvalue weighted by Crippen LogP contribution is -2.49. The highest BCUT2D eigenvalue weighted by Crippen LogP contribution is 2.37. The molecule has 0 fully saturated rings. The Morgan fingerprint density at radius 2 is 2.22 bits per heavy atom. The second-order valence-electron chi connectivity index (χ2n) is 8.25. The van der Waals surface area contributed by atoms with Crippen molar-refractivity contribution in [2.24, 2.45) is 0 Å². The number of ether oxygens (including phenoxy) is 1. The molecule has 0 unspecified atom stereocenters. The summed E-state index contributed by atoms with van der Waals surface area (Å²) in [5, 5.41) is 2.12. The van der Waals surface area contributed by atoms with Gasteiger partial charge in [0.25, 0.3) is 0 Å². The molecule has 1 N–H and O–H groups in total. The van der Waals surface area contributed by atoms with Crippen LogP contribution in [-0.4, -0.2) is 50.1 Å². The lowest BCUT2D eigenvalue weighted by atomic mass is 10.0. The standard InChI is InChI=1S/C19H30N2O3S2Si/c1-7-10-23-18(22)21-11-14(16-13-26-17(25)20-16)8-9-15(21)12-24-27(5,6)19(2,3)4/h7-8,13,15H,1,9-12H2,2-6H3,(H,20,25)/t15-/m0/s1. The fraction of sp³-hybridized carbons (Fsp3) is 0.579. The number of thiazole rings is 1. The van der Waals surface area contributed by atoms with Crippen LogP contribution in [0.25, 0.3) is 5.57 Å². The molecule has 0 bridgehead atoms. The molecule has 0 spiro atoms. The lowest BCUT2D eigenvalue weighted by Gasteiger charge is -2.40. The second-order valence-corrected chi connectivity index (χ2v) is 14.6. The molecule has 0 aromatic carbocycles. The summed E-state index contributed by atoms with van der Waals surface area (Å²) in [7, 11) is -1.89. The van der Waals surface area contributed by atoms with Crippen molar-refractivity contribution < 1.29 is 14.0 Å². The van der Waals surface area contributed by atoms with Gasteiger partial charge in [0.15, 0.2) is 12.3 Å². The van der Waals surface area contributed by atoms with Crippen molar-refractivity contribution in [3.8, 4) is 0 Å². The van der Waals surface area contributed by atoms with Crippen molar-refractivity contribution in [1.29, 1.82) is 0 Å². The molecule has 2 heterocycles.